The van der Waals surface area contributed by atoms with E-state index in [1.165, 1.54) is 13.1 Å². The van der Waals surface area contributed by atoms with Crippen LogP contribution in [0.4, 0.5) is 0 Å². The van der Waals surface area contributed by atoms with Gasteiger partial charge in [-0.25, -0.2) is 4.98 Å². The lowest BCUT2D eigenvalue weighted by Gasteiger charge is -2.17. The molecule has 2 amide bonds. The van der Waals surface area contributed by atoms with Crippen LogP contribution in [0.5, 0.6) is 11.6 Å². The Morgan fingerprint density at radius 1 is 1.31 bits per heavy atom. The molecule has 2 atom stereocenters. The predicted octanol–water partition coefficient (Wildman–Crippen LogP) is 2.26. The van der Waals surface area contributed by atoms with Gasteiger partial charge in [0.05, 0.1) is 29.3 Å². The number of pyridine rings is 1. The summed E-state index contributed by atoms with van der Waals surface area (Å²) in [5.74, 6) is -0.0732. The molecule has 2 heterocycles. The van der Waals surface area contributed by atoms with Crippen molar-refractivity contribution >= 4 is 28.4 Å². The van der Waals surface area contributed by atoms with Crippen molar-refractivity contribution in [1.29, 1.82) is 5.26 Å². The van der Waals surface area contributed by atoms with E-state index in [0.717, 1.165) is 0 Å². The Balaban J connectivity index is 2.04. The molecule has 2 aromatic rings. The fourth-order valence-corrected chi connectivity index (χ4v) is 3.33. The molecular weight excluding hydrogens is 412 g/mol. The van der Waals surface area contributed by atoms with Crippen LogP contribution in [0.15, 0.2) is 18.3 Å². The van der Waals surface area contributed by atoms with Gasteiger partial charge in [0.1, 0.15) is 18.4 Å². The molecule has 0 aliphatic carbocycles. The Labute approximate surface area is 186 Å². The Kier molecular flexibility index (Phi) is 6.93. The number of carbonyl (C=O) groups is 3. The van der Waals surface area contributed by atoms with E-state index in [9.17, 15) is 19.6 Å². The van der Waals surface area contributed by atoms with Gasteiger partial charge < -0.3 is 20.1 Å². The molecule has 1 saturated heterocycles. The molecule has 2 N–H and O–H groups in total. The van der Waals surface area contributed by atoms with Gasteiger partial charge in [0.15, 0.2) is 5.78 Å². The second kappa shape index (κ2) is 9.64. The lowest BCUT2D eigenvalue weighted by Crippen LogP contribution is -2.37. The number of carbonyl (C=O) groups excluding carboxylic acids is 3. The van der Waals surface area contributed by atoms with Gasteiger partial charge >= 0.3 is 0 Å². The number of Topliss-reactive ketones (excluding diaryl/α,β-unsaturated/α-hetero) is 1. The molecule has 3 rings (SSSR count). The van der Waals surface area contributed by atoms with Crippen molar-refractivity contribution < 1.29 is 23.9 Å². The second-order valence-corrected chi connectivity index (χ2v) is 8.07. The van der Waals surface area contributed by atoms with Gasteiger partial charge in [0.25, 0.3) is 5.91 Å². The summed E-state index contributed by atoms with van der Waals surface area (Å²) in [6.07, 6.45) is 2.30. The molecule has 1 fully saturated rings. The van der Waals surface area contributed by atoms with Crippen LogP contribution in [0, 0.1) is 11.3 Å². The standard InChI is InChI=1S/C23H26N4O5/c1-12(2)32-20-8-18-17(7-15(20)9-24)19(22(30)26-13(3)14(4)28)10-25-23(18)31-11-16-5-6-21(29)27-16/h7-8,10,12-13,16H,5-6,11H2,1-4H3,(H,26,30)(H,27,29). The molecule has 1 aromatic heterocycles. The smallest absolute Gasteiger partial charge is 0.254 e. The number of nitrogens with zero attached hydrogens (tertiary/aromatic N) is 2. The SMILES string of the molecule is CC(=O)C(C)NC(=O)c1cnc(OCC2CCC(=O)N2)c2cc(OC(C)C)c(C#N)cc12. The van der Waals surface area contributed by atoms with Crippen LogP contribution in [-0.2, 0) is 9.59 Å². The number of hydrogen-bond donors (Lipinski definition) is 2. The van der Waals surface area contributed by atoms with Gasteiger partial charge in [0, 0.05) is 23.4 Å². The lowest BCUT2D eigenvalue weighted by molar-refractivity contribution is -0.119. The Morgan fingerprint density at radius 3 is 2.66 bits per heavy atom. The van der Waals surface area contributed by atoms with Crippen molar-refractivity contribution in [2.45, 2.75) is 58.7 Å². The number of amides is 2. The molecular formula is C23H26N4O5. The minimum absolute atomic E-state index is 0.0192. The van der Waals surface area contributed by atoms with E-state index in [1.807, 2.05) is 13.8 Å². The number of hydrogen-bond acceptors (Lipinski definition) is 7. The molecule has 0 saturated carbocycles. The molecule has 9 heteroatoms. The van der Waals surface area contributed by atoms with E-state index in [1.54, 1.807) is 19.1 Å². The van der Waals surface area contributed by atoms with Gasteiger partial charge in [-0.3, -0.25) is 14.4 Å². The zero-order valence-electron chi connectivity index (χ0n) is 18.5. The highest BCUT2D eigenvalue weighted by molar-refractivity contribution is 6.09. The van der Waals surface area contributed by atoms with Gasteiger partial charge in [-0.2, -0.15) is 5.26 Å². The minimum Gasteiger partial charge on any atom is -0.490 e. The number of ether oxygens (including phenoxy) is 2. The first kappa shape index (κ1) is 23.0. The van der Waals surface area contributed by atoms with Crippen LogP contribution >= 0.6 is 0 Å². The third-order valence-corrected chi connectivity index (χ3v) is 5.14. The minimum atomic E-state index is -0.668. The first-order chi connectivity index (χ1) is 15.2. The first-order valence-corrected chi connectivity index (χ1v) is 10.5. The number of nitrogens with one attached hydrogen (secondary N) is 2. The van der Waals surface area contributed by atoms with Crippen molar-refractivity contribution in [3.05, 3.63) is 29.5 Å². The van der Waals surface area contributed by atoms with E-state index < -0.39 is 11.9 Å². The quantitative estimate of drug-likeness (QED) is 0.646. The van der Waals surface area contributed by atoms with Crippen LogP contribution in [0.25, 0.3) is 10.8 Å². The number of benzene rings is 1. The summed E-state index contributed by atoms with van der Waals surface area (Å²) >= 11 is 0. The zero-order chi connectivity index (χ0) is 23.4. The Morgan fingerprint density at radius 2 is 2.06 bits per heavy atom. The van der Waals surface area contributed by atoms with Crippen molar-refractivity contribution in [1.82, 2.24) is 15.6 Å². The fourth-order valence-electron chi connectivity index (χ4n) is 3.33. The van der Waals surface area contributed by atoms with Crippen molar-refractivity contribution in [3.63, 3.8) is 0 Å². The average molecular weight is 438 g/mol. The highest BCUT2D eigenvalue weighted by atomic mass is 16.5. The molecule has 168 valence electrons. The third-order valence-electron chi connectivity index (χ3n) is 5.14. The molecule has 1 aliphatic rings. The van der Waals surface area contributed by atoms with Crippen molar-refractivity contribution in [3.8, 4) is 17.7 Å². The second-order valence-electron chi connectivity index (χ2n) is 8.07. The molecule has 0 radical (unpaired) electrons. The van der Waals surface area contributed by atoms with E-state index >= 15 is 0 Å². The van der Waals surface area contributed by atoms with Crippen LogP contribution < -0.4 is 20.1 Å². The summed E-state index contributed by atoms with van der Waals surface area (Å²) in [5, 5.41) is 16.0. The van der Waals surface area contributed by atoms with Gasteiger partial charge in [-0.05, 0) is 46.2 Å². The maximum Gasteiger partial charge on any atom is 0.254 e. The number of nitriles is 1. The van der Waals surface area contributed by atoms with E-state index in [2.05, 4.69) is 21.7 Å². The monoisotopic (exact) mass is 438 g/mol. The summed E-state index contributed by atoms with van der Waals surface area (Å²) in [4.78, 5) is 40.2. The van der Waals surface area contributed by atoms with Crippen molar-refractivity contribution in [2.75, 3.05) is 6.61 Å². The molecule has 0 spiro atoms. The third kappa shape index (κ3) is 5.14. The normalized spacial score (nSPS) is 16.4. The summed E-state index contributed by atoms with van der Waals surface area (Å²) < 4.78 is 11.7. The summed E-state index contributed by atoms with van der Waals surface area (Å²) in [5.41, 5.74) is 0.474. The van der Waals surface area contributed by atoms with Crippen LogP contribution in [0.3, 0.4) is 0 Å². The van der Waals surface area contributed by atoms with Gasteiger partial charge in [-0.15, -0.1) is 0 Å². The number of ketones is 1. The van der Waals surface area contributed by atoms with E-state index in [4.69, 9.17) is 9.47 Å². The average Bonchev–Trinajstić information content (AvgIpc) is 3.15. The van der Waals surface area contributed by atoms with Crippen LogP contribution in [0.2, 0.25) is 0 Å². The molecule has 32 heavy (non-hydrogen) atoms. The van der Waals surface area contributed by atoms with Gasteiger partial charge in [0.2, 0.25) is 11.8 Å². The van der Waals surface area contributed by atoms with E-state index in [-0.39, 0.29) is 47.5 Å². The summed E-state index contributed by atoms with van der Waals surface area (Å²) in [6.45, 7) is 6.90. The topological polar surface area (TPSA) is 130 Å². The number of rotatable bonds is 8. The summed E-state index contributed by atoms with van der Waals surface area (Å²) in [6, 6.07) is 4.51. The van der Waals surface area contributed by atoms with Crippen LogP contribution in [0.1, 0.15) is 56.5 Å². The Hall–Kier alpha value is -3.67. The molecule has 1 aliphatic heterocycles. The first-order valence-electron chi connectivity index (χ1n) is 10.5. The molecule has 1 aromatic carbocycles. The zero-order valence-corrected chi connectivity index (χ0v) is 18.5. The summed E-state index contributed by atoms with van der Waals surface area (Å²) in [7, 11) is 0. The van der Waals surface area contributed by atoms with E-state index in [0.29, 0.717) is 29.4 Å². The maximum absolute atomic E-state index is 12.8. The molecule has 9 nitrogen and oxygen atoms in total. The molecule has 2 unspecified atom stereocenters. The number of aromatic nitrogens is 1. The van der Waals surface area contributed by atoms with Crippen LogP contribution in [-0.4, -0.2) is 47.4 Å². The maximum atomic E-state index is 12.8. The largest absolute Gasteiger partial charge is 0.490 e. The number of fused-ring (bicyclic) bond motifs is 1. The predicted molar refractivity (Wildman–Crippen MR) is 116 cm³/mol. The Bertz CT molecular complexity index is 1110. The highest BCUT2D eigenvalue weighted by Crippen LogP contribution is 2.33. The molecule has 0 bridgehead atoms. The van der Waals surface area contributed by atoms with Gasteiger partial charge in [-0.1, -0.05) is 0 Å². The lowest BCUT2D eigenvalue weighted by atomic mass is 10.0. The highest BCUT2D eigenvalue weighted by Gasteiger charge is 2.24. The van der Waals surface area contributed by atoms with Crippen molar-refractivity contribution in [2.24, 2.45) is 0 Å². The fraction of sp³-hybridized carbons (Fsp3) is 0.435.